The van der Waals surface area contributed by atoms with Gasteiger partial charge in [0.25, 0.3) is 10.0 Å². The number of aromatic carboxylic acids is 1. The standard InChI is InChI=1S/C16H18N2O6S2/c19-15(17-7-5-11-6-9-25-10-11)12-2-1-8-18(12)26(22,23)14-4-3-13(24-14)16(20)21/h3-4,6,9-10,12H,1-2,5,7-8H2,(H,17,19)(H,20,21). The van der Waals surface area contributed by atoms with Crippen LogP contribution in [-0.2, 0) is 21.2 Å². The molecule has 1 saturated heterocycles. The Balaban J connectivity index is 1.67. The molecule has 1 fully saturated rings. The lowest BCUT2D eigenvalue weighted by Crippen LogP contribution is -2.46. The molecule has 0 aromatic carbocycles. The lowest BCUT2D eigenvalue weighted by atomic mass is 10.2. The molecule has 0 bridgehead atoms. The summed E-state index contributed by atoms with van der Waals surface area (Å²) < 4.78 is 31.4. The van der Waals surface area contributed by atoms with E-state index in [2.05, 4.69) is 5.32 Å². The maximum atomic E-state index is 12.7. The number of carbonyl (C=O) groups is 2. The van der Waals surface area contributed by atoms with Gasteiger partial charge in [-0.25, -0.2) is 13.2 Å². The largest absolute Gasteiger partial charge is 0.475 e. The summed E-state index contributed by atoms with van der Waals surface area (Å²) in [6.45, 7) is 0.609. The Hall–Kier alpha value is -2.17. The first-order chi connectivity index (χ1) is 12.4. The van der Waals surface area contributed by atoms with Crippen LogP contribution in [0.4, 0.5) is 0 Å². The van der Waals surface area contributed by atoms with Crippen LogP contribution in [0.25, 0.3) is 0 Å². The number of nitrogens with one attached hydrogen (secondary N) is 1. The first-order valence-electron chi connectivity index (χ1n) is 8.03. The topological polar surface area (TPSA) is 117 Å². The van der Waals surface area contributed by atoms with Crippen LogP contribution in [0.3, 0.4) is 0 Å². The van der Waals surface area contributed by atoms with Crippen molar-refractivity contribution < 1.29 is 27.5 Å². The number of furan rings is 1. The Morgan fingerprint density at radius 3 is 2.81 bits per heavy atom. The summed E-state index contributed by atoms with van der Waals surface area (Å²) in [5.41, 5.74) is 1.11. The van der Waals surface area contributed by atoms with Gasteiger partial charge in [0, 0.05) is 13.1 Å². The first kappa shape index (κ1) is 18.6. The van der Waals surface area contributed by atoms with Crippen LogP contribution in [-0.4, -0.2) is 48.8 Å². The van der Waals surface area contributed by atoms with Crippen LogP contribution >= 0.6 is 11.3 Å². The van der Waals surface area contributed by atoms with E-state index in [0.29, 0.717) is 25.8 Å². The van der Waals surface area contributed by atoms with Gasteiger partial charge >= 0.3 is 5.97 Å². The fourth-order valence-electron chi connectivity index (χ4n) is 2.86. The lowest BCUT2D eigenvalue weighted by Gasteiger charge is -2.22. The number of carboxylic acids is 1. The Morgan fingerprint density at radius 1 is 1.35 bits per heavy atom. The second kappa shape index (κ2) is 7.60. The van der Waals surface area contributed by atoms with Crippen molar-refractivity contribution in [1.29, 1.82) is 0 Å². The number of hydrogen-bond donors (Lipinski definition) is 2. The molecule has 8 nitrogen and oxygen atoms in total. The van der Waals surface area contributed by atoms with Crippen LogP contribution in [0.15, 0.2) is 38.5 Å². The van der Waals surface area contributed by atoms with E-state index in [9.17, 15) is 18.0 Å². The molecular weight excluding hydrogens is 380 g/mol. The Kier molecular flexibility index (Phi) is 5.44. The van der Waals surface area contributed by atoms with E-state index in [4.69, 9.17) is 9.52 Å². The fourth-order valence-corrected chi connectivity index (χ4v) is 5.14. The summed E-state index contributed by atoms with van der Waals surface area (Å²) in [5.74, 6) is -2.17. The van der Waals surface area contributed by atoms with Crippen molar-refractivity contribution in [3.05, 3.63) is 40.3 Å². The summed E-state index contributed by atoms with van der Waals surface area (Å²) in [6, 6.07) is 3.34. The molecule has 140 valence electrons. The van der Waals surface area contributed by atoms with E-state index in [1.165, 1.54) is 0 Å². The van der Waals surface area contributed by atoms with Crippen molar-refractivity contribution in [1.82, 2.24) is 9.62 Å². The Bertz CT molecular complexity index is 888. The molecule has 0 spiro atoms. The van der Waals surface area contributed by atoms with Crippen molar-refractivity contribution in [3.63, 3.8) is 0 Å². The van der Waals surface area contributed by atoms with Gasteiger partial charge in [-0.1, -0.05) is 0 Å². The predicted octanol–water partition coefficient (Wildman–Crippen LogP) is 1.55. The average molecular weight is 398 g/mol. The first-order valence-corrected chi connectivity index (χ1v) is 10.4. The number of carboxylic acid groups (broad SMARTS) is 1. The minimum absolute atomic E-state index is 0.189. The minimum Gasteiger partial charge on any atom is -0.475 e. The van der Waals surface area contributed by atoms with Gasteiger partial charge in [-0.2, -0.15) is 15.6 Å². The van der Waals surface area contributed by atoms with Gasteiger partial charge in [-0.3, -0.25) is 4.79 Å². The van der Waals surface area contributed by atoms with Crippen molar-refractivity contribution >= 4 is 33.2 Å². The van der Waals surface area contributed by atoms with Crippen LogP contribution in [0.1, 0.15) is 29.0 Å². The zero-order chi connectivity index (χ0) is 18.7. The number of rotatable bonds is 7. The summed E-state index contributed by atoms with van der Waals surface area (Å²) >= 11 is 1.58. The van der Waals surface area contributed by atoms with Crippen molar-refractivity contribution in [2.24, 2.45) is 0 Å². The number of thiophene rings is 1. The highest BCUT2D eigenvalue weighted by Crippen LogP contribution is 2.27. The van der Waals surface area contributed by atoms with Gasteiger partial charge in [-0.15, -0.1) is 0 Å². The highest BCUT2D eigenvalue weighted by Gasteiger charge is 2.41. The number of nitrogens with zero attached hydrogens (tertiary/aromatic N) is 1. The molecule has 1 amide bonds. The highest BCUT2D eigenvalue weighted by atomic mass is 32.2. The summed E-state index contributed by atoms with van der Waals surface area (Å²) in [6.07, 6.45) is 1.64. The van der Waals surface area contributed by atoms with Crippen LogP contribution in [0.5, 0.6) is 0 Å². The van der Waals surface area contributed by atoms with Crippen LogP contribution < -0.4 is 5.32 Å². The molecule has 0 radical (unpaired) electrons. The smallest absolute Gasteiger partial charge is 0.371 e. The normalized spacial score (nSPS) is 18.1. The second-order valence-corrected chi connectivity index (χ2v) is 8.47. The third-order valence-electron chi connectivity index (χ3n) is 4.15. The molecule has 0 aliphatic carbocycles. The van der Waals surface area contributed by atoms with Gasteiger partial charge < -0.3 is 14.8 Å². The van der Waals surface area contributed by atoms with E-state index in [-0.39, 0.29) is 12.5 Å². The van der Waals surface area contributed by atoms with Crippen molar-refractivity contribution in [3.8, 4) is 0 Å². The maximum absolute atomic E-state index is 12.7. The molecule has 1 aliphatic heterocycles. The fraction of sp³-hybridized carbons (Fsp3) is 0.375. The van der Waals surface area contributed by atoms with Crippen LogP contribution in [0, 0.1) is 0 Å². The molecule has 26 heavy (non-hydrogen) atoms. The second-order valence-electron chi connectivity index (χ2n) is 5.87. The number of carbonyl (C=O) groups excluding carboxylic acids is 1. The molecular formula is C16H18N2O6S2. The highest BCUT2D eigenvalue weighted by molar-refractivity contribution is 7.89. The molecule has 0 saturated carbocycles. The summed E-state index contributed by atoms with van der Waals surface area (Å²) in [5, 5.41) is 15.1. The molecule has 1 atom stereocenters. The minimum atomic E-state index is -4.07. The molecule has 2 N–H and O–H groups in total. The van der Waals surface area contributed by atoms with E-state index >= 15 is 0 Å². The van der Waals surface area contributed by atoms with Gasteiger partial charge in [0.15, 0.2) is 0 Å². The number of sulfonamides is 1. The third-order valence-corrected chi connectivity index (χ3v) is 6.67. The number of hydrogen-bond acceptors (Lipinski definition) is 6. The molecule has 2 aromatic rings. The quantitative estimate of drug-likeness (QED) is 0.731. The van der Waals surface area contributed by atoms with Gasteiger partial charge in [0.05, 0.1) is 0 Å². The predicted molar refractivity (Wildman–Crippen MR) is 93.6 cm³/mol. The van der Waals surface area contributed by atoms with Crippen LogP contribution in [0.2, 0.25) is 0 Å². The van der Waals surface area contributed by atoms with Gasteiger partial charge in [0.2, 0.25) is 16.8 Å². The molecule has 1 aliphatic rings. The van der Waals surface area contributed by atoms with Gasteiger partial charge in [-0.05, 0) is 53.8 Å². The molecule has 3 heterocycles. The van der Waals surface area contributed by atoms with E-state index in [0.717, 1.165) is 22.0 Å². The molecule has 1 unspecified atom stereocenters. The third kappa shape index (κ3) is 3.81. The summed E-state index contributed by atoms with van der Waals surface area (Å²) in [4.78, 5) is 23.3. The number of amides is 1. The average Bonchev–Trinajstić information content (AvgIpc) is 3.34. The van der Waals surface area contributed by atoms with Gasteiger partial charge in [0.1, 0.15) is 6.04 Å². The van der Waals surface area contributed by atoms with Crippen molar-refractivity contribution in [2.45, 2.75) is 30.4 Å². The van der Waals surface area contributed by atoms with E-state index in [1.54, 1.807) is 11.3 Å². The summed E-state index contributed by atoms with van der Waals surface area (Å²) in [7, 11) is -4.07. The SMILES string of the molecule is O=C(O)c1ccc(S(=O)(=O)N2CCCC2C(=O)NCCc2ccsc2)o1. The van der Waals surface area contributed by atoms with E-state index in [1.807, 2.05) is 16.8 Å². The zero-order valence-electron chi connectivity index (χ0n) is 13.8. The molecule has 2 aromatic heterocycles. The monoisotopic (exact) mass is 398 g/mol. The molecule has 3 rings (SSSR count). The Labute approximate surface area is 154 Å². The molecule has 10 heteroatoms. The van der Waals surface area contributed by atoms with Crippen molar-refractivity contribution in [2.75, 3.05) is 13.1 Å². The maximum Gasteiger partial charge on any atom is 0.371 e. The van der Waals surface area contributed by atoms with E-state index < -0.39 is 32.9 Å². The Morgan fingerprint density at radius 2 is 2.15 bits per heavy atom. The lowest BCUT2D eigenvalue weighted by molar-refractivity contribution is -0.124. The zero-order valence-corrected chi connectivity index (χ0v) is 15.4.